The lowest BCUT2D eigenvalue weighted by molar-refractivity contribution is 0.0649. The van der Waals surface area contributed by atoms with Crippen molar-refractivity contribution in [3.8, 4) is 5.75 Å². The number of nitrogens with one attached hydrogen (secondary N) is 1. The van der Waals surface area contributed by atoms with Gasteiger partial charge in [-0.05, 0) is 31.4 Å². The van der Waals surface area contributed by atoms with Crippen molar-refractivity contribution in [2.75, 3.05) is 13.7 Å². The van der Waals surface area contributed by atoms with Crippen LogP contribution in [0.4, 0.5) is 0 Å². The zero-order valence-corrected chi connectivity index (χ0v) is 12.5. The van der Waals surface area contributed by atoms with Gasteiger partial charge in [0, 0.05) is 5.39 Å². The highest BCUT2D eigenvalue weighted by molar-refractivity contribution is 5.97. The van der Waals surface area contributed by atoms with Gasteiger partial charge in [-0.15, -0.1) is 0 Å². The molecule has 3 rings (SSSR count). The lowest BCUT2D eigenvalue weighted by atomic mass is 9.91. The van der Waals surface area contributed by atoms with Crippen LogP contribution in [-0.4, -0.2) is 30.3 Å². The van der Waals surface area contributed by atoms with Crippen molar-refractivity contribution in [2.45, 2.75) is 24.9 Å². The number of rotatable bonds is 4. The second kappa shape index (κ2) is 5.85. The van der Waals surface area contributed by atoms with E-state index >= 15 is 0 Å². The van der Waals surface area contributed by atoms with Gasteiger partial charge < -0.3 is 19.6 Å². The third-order valence-electron chi connectivity index (χ3n) is 3.92. The van der Waals surface area contributed by atoms with E-state index in [0.717, 1.165) is 18.2 Å². The van der Waals surface area contributed by atoms with Gasteiger partial charge in [0.25, 0.3) is 5.91 Å². The second-order valence-electron chi connectivity index (χ2n) is 5.57. The molecule has 0 aliphatic heterocycles. The number of furan rings is 1. The molecule has 2 N–H and O–H groups in total. The summed E-state index contributed by atoms with van der Waals surface area (Å²) in [5, 5.41) is 13.9. The summed E-state index contributed by atoms with van der Waals surface area (Å²) >= 11 is 0. The van der Waals surface area contributed by atoms with Crippen LogP contribution in [0, 0.1) is 0 Å². The Labute approximate surface area is 128 Å². The highest BCUT2D eigenvalue weighted by atomic mass is 16.5. The highest BCUT2D eigenvalue weighted by Gasteiger charge is 2.26. The Morgan fingerprint density at radius 3 is 3.09 bits per heavy atom. The Kier molecular flexibility index (Phi) is 3.90. The number of carbonyl (C=O) groups is 1. The maximum atomic E-state index is 12.2. The molecular weight excluding hydrogens is 282 g/mol. The summed E-state index contributed by atoms with van der Waals surface area (Å²) in [6, 6.07) is 7.15. The molecule has 1 unspecified atom stereocenters. The van der Waals surface area contributed by atoms with Crippen molar-refractivity contribution in [3.05, 3.63) is 42.2 Å². The van der Waals surface area contributed by atoms with E-state index in [1.54, 1.807) is 25.3 Å². The molecule has 1 atom stereocenters. The lowest BCUT2D eigenvalue weighted by Crippen LogP contribution is -2.42. The van der Waals surface area contributed by atoms with Gasteiger partial charge >= 0.3 is 0 Å². The molecule has 2 aromatic rings. The van der Waals surface area contributed by atoms with Crippen molar-refractivity contribution >= 4 is 16.9 Å². The van der Waals surface area contributed by atoms with Crippen LogP contribution < -0.4 is 10.1 Å². The van der Waals surface area contributed by atoms with Crippen LogP contribution in [0.1, 0.15) is 29.8 Å². The van der Waals surface area contributed by atoms with Crippen LogP contribution in [0.5, 0.6) is 5.75 Å². The average molecular weight is 301 g/mol. The van der Waals surface area contributed by atoms with Crippen molar-refractivity contribution in [1.29, 1.82) is 0 Å². The van der Waals surface area contributed by atoms with Gasteiger partial charge in [0.05, 0.1) is 19.3 Å². The minimum absolute atomic E-state index is 0.177. The first kappa shape index (κ1) is 14.7. The summed E-state index contributed by atoms with van der Waals surface area (Å²) in [7, 11) is 1.56. The first-order valence-electron chi connectivity index (χ1n) is 7.36. The van der Waals surface area contributed by atoms with Crippen molar-refractivity contribution in [3.63, 3.8) is 0 Å². The fraction of sp³-hybridized carbons (Fsp3) is 0.353. The number of ether oxygens (including phenoxy) is 1. The molecule has 0 spiro atoms. The lowest BCUT2D eigenvalue weighted by Gasteiger charge is -2.27. The van der Waals surface area contributed by atoms with Gasteiger partial charge in [0.15, 0.2) is 17.1 Å². The predicted molar refractivity (Wildman–Crippen MR) is 83.0 cm³/mol. The molecule has 0 fully saturated rings. The molecule has 1 heterocycles. The van der Waals surface area contributed by atoms with Gasteiger partial charge in [0.2, 0.25) is 0 Å². The van der Waals surface area contributed by atoms with Gasteiger partial charge in [-0.2, -0.15) is 0 Å². The number of benzene rings is 1. The molecule has 1 aliphatic rings. The fourth-order valence-electron chi connectivity index (χ4n) is 2.69. The zero-order chi connectivity index (χ0) is 15.6. The highest BCUT2D eigenvalue weighted by Crippen LogP contribution is 2.28. The molecule has 0 saturated heterocycles. The third-order valence-corrected chi connectivity index (χ3v) is 3.92. The van der Waals surface area contributed by atoms with E-state index in [0.29, 0.717) is 17.8 Å². The van der Waals surface area contributed by atoms with E-state index < -0.39 is 5.60 Å². The molecule has 1 aliphatic carbocycles. The first-order valence-corrected chi connectivity index (χ1v) is 7.36. The molecule has 1 amide bonds. The molecule has 1 aromatic carbocycles. The predicted octanol–water partition coefficient (Wildman–Crippen LogP) is 2.64. The first-order chi connectivity index (χ1) is 10.6. The van der Waals surface area contributed by atoms with Crippen LogP contribution >= 0.6 is 0 Å². The van der Waals surface area contributed by atoms with Crippen LogP contribution in [0.3, 0.4) is 0 Å². The zero-order valence-electron chi connectivity index (χ0n) is 12.5. The quantitative estimate of drug-likeness (QED) is 0.852. The summed E-state index contributed by atoms with van der Waals surface area (Å²) in [5.74, 6) is 0.457. The number of allylic oxidation sites excluding steroid dienone is 1. The molecule has 116 valence electrons. The number of hydrogen-bond donors (Lipinski definition) is 2. The van der Waals surface area contributed by atoms with Gasteiger partial charge in [-0.3, -0.25) is 4.79 Å². The van der Waals surface area contributed by atoms with Gasteiger partial charge in [0.1, 0.15) is 0 Å². The number of aliphatic hydroxyl groups is 1. The normalized spacial score (nSPS) is 21.0. The Balaban J connectivity index is 1.75. The Bertz CT molecular complexity index is 719. The Morgan fingerprint density at radius 2 is 2.36 bits per heavy atom. The maximum absolute atomic E-state index is 12.2. The van der Waals surface area contributed by atoms with E-state index in [1.807, 2.05) is 18.2 Å². The molecular formula is C17H19NO4. The second-order valence-corrected chi connectivity index (χ2v) is 5.57. The maximum Gasteiger partial charge on any atom is 0.287 e. The Hall–Kier alpha value is -2.27. The van der Waals surface area contributed by atoms with Crippen LogP contribution in [0.15, 0.2) is 40.8 Å². The molecule has 0 radical (unpaired) electrons. The summed E-state index contributed by atoms with van der Waals surface area (Å²) in [6.07, 6.45) is 6.25. The minimum Gasteiger partial charge on any atom is -0.493 e. The number of amides is 1. The van der Waals surface area contributed by atoms with Crippen LogP contribution in [-0.2, 0) is 0 Å². The number of para-hydroxylation sites is 1. The van der Waals surface area contributed by atoms with Crippen molar-refractivity contribution < 1.29 is 19.1 Å². The van der Waals surface area contributed by atoms with Crippen LogP contribution in [0.2, 0.25) is 0 Å². The van der Waals surface area contributed by atoms with E-state index in [1.165, 1.54) is 0 Å². The number of fused-ring (bicyclic) bond motifs is 1. The standard InChI is InChI=1S/C17H19NO4/c1-21-13-7-5-6-12-10-14(22-15(12)13)16(19)18-11-17(20)8-3-2-4-9-17/h3,5-8,10,20H,2,4,9,11H2,1H3,(H,18,19). The smallest absolute Gasteiger partial charge is 0.287 e. The average Bonchev–Trinajstić information content (AvgIpc) is 2.97. The molecule has 1 aromatic heterocycles. The topological polar surface area (TPSA) is 71.7 Å². The summed E-state index contributed by atoms with van der Waals surface area (Å²) in [4.78, 5) is 12.2. The molecule has 0 saturated carbocycles. The van der Waals surface area contributed by atoms with Crippen molar-refractivity contribution in [1.82, 2.24) is 5.32 Å². The summed E-state index contributed by atoms with van der Waals surface area (Å²) in [6.45, 7) is 0.177. The van der Waals surface area contributed by atoms with E-state index in [-0.39, 0.29) is 18.2 Å². The van der Waals surface area contributed by atoms with Crippen LogP contribution in [0.25, 0.3) is 11.0 Å². The molecule has 22 heavy (non-hydrogen) atoms. The molecule has 5 nitrogen and oxygen atoms in total. The SMILES string of the molecule is COc1cccc2cc(C(=O)NCC3(O)C=CCCC3)oc12. The van der Waals surface area contributed by atoms with Gasteiger partial charge in [-0.25, -0.2) is 0 Å². The third kappa shape index (κ3) is 2.85. The van der Waals surface area contributed by atoms with Crippen molar-refractivity contribution in [2.24, 2.45) is 0 Å². The largest absolute Gasteiger partial charge is 0.493 e. The number of carbonyl (C=O) groups excluding carboxylic acids is 1. The number of hydrogen-bond acceptors (Lipinski definition) is 4. The minimum atomic E-state index is -0.961. The number of methoxy groups -OCH3 is 1. The fourth-order valence-corrected chi connectivity index (χ4v) is 2.69. The van der Waals surface area contributed by atoms with E-state index in [9.17, 15) is 9.90 Å². The Morgan fingerprint density at radius 1 is 1.50 bits per heavy atom. The van der Waals surface area contributed by atoms with E-state index in [4.69, 9.17) is 9.15 Å². The molecule has 0 bridgehead atoms. The summed E-state index contributed by atoms with van der Waals surface area (Å²) in [5.41, 5.74) is -0.413. The van der Waals surface area contributed by atoms with Gasteiger partial charge in [-0.1, -0.05) is 24.3 Å². The monoisotopic (exact) mass is 301 g/mol. The summed E-state index contributed by atoms with van der Waals surface area (Å²) < 4.78 is 10.8. The molecule has 5 heteroatoms. The van der Waals surface area contributed by atoms with E-state index in [2.05, 4.69) is 5.32 Å².